The molecule has 4 aromatic rings. The van der Waals surface area contributed by atoms with Crippen LogP contribution in [0.15, 0.2) is 58.5 Å². The van der Waals surface area contributed by atoms with Gasteiger partial charge in [-0.1, -0.05) is 41.3 Å². The van der Waals surface area contributed by atoms with Crippen LogP contribution in [-0.4, -0.2) is 50.1 Å². The van der Waals surface area contributed by atoms with E-state index in [1.54, 1.807) is 31.2 Å². The minimum atomic E-state index is -4.58. The molecule has 2 aromatic carbocycles. The summed E-state index contributed by atoms with van der Waals surface area (Å²) in [6.07, 6.45) is -4.58. The van der Waals surface area contributed by atoms with Crippen molar-refractivity contribution in [2.45, 2.75) is 24.8 Å². The number of carbonyl (C=O) groups excluding carboxylic acids is 2. The number of alkyl halides is 3. The molecule has 2 aromatic heterocycles. The predicted octanol–water partition coefficient (Wildman–Crippen LogP) is 3.48. The van der Waals surface area contributed by atoms with Crippen LogP contribution in [0.5, 0.6) is 0 Å². The molecule has 0 fully saturated rings. The van der Waals surface area contributed by atoms with Gasteiger partial charge in [0.25, 0.3) is 0 Å². The number of carbonyl (C=O) groups is 2. The second-order valence-corrected chi connectivity index (χ2v) is 9.51. The number of aromatic nitrogens is 4. The van der Waals surface area contributed by atoms with Crippen LogP contribution >= 0.6 is 23.1 Å². The molecule has 0 saturated carbocycles. The van der Waals surface area contributed by atoms with Crippen molar-refractivity contribution >= 4 is 45.2 Å². The number of para-hydroxylation sites is 1. The molecule has 37 heavy (non-hydrogen) atoms. The zero-order chi connectivity index (χ0) is 26.6. The first-order valence-corrected chi connectivity index (χ1v) is 12.7. The molecule has 0 spiro atoms. The van der Waals surface area contributed by atoms with Crippen molar-refractivity contribution < 1.29 is 27.5 Å². The highest BCUT2D eigenvalue weighted by molar-refractivity contribution is 7.99. The maximum absolute atomic E-state index is 13.4. The third-order valence-electron chi connectivity index (χ3n) is 5.07. The SMILES string of the molecule is CCOC(=O)CNC(=O)CSc1nnc(Cn2c(=O)sc3ccccc32)n1-c1cccc(C(F)(F)F)c1. The number of nitrogens with one attached hydrogen (secondary N) is 1. The average Bonchev–Trinajstić information content (AvgIpc) is 3.41. The highest BCUT2D eigenvalue weighted by Crippen LogP contribution is 2.32. The van der Waals surface area contributed by atoms with Gasteiger partial charge >= 0.3 is 17.0 Å². The molecule has 0 unspecified atom stereocenters. The largest absolute Gasteiger partial charge is 0.465 e. The van der Waals surface area contributed by atoms with Gasteiger partial charge in [0.15, 0.2) is 11.0 Å². The third-order valence-corrected chi connectivity index (χ3v) is 6.96. The number of thioether (sulfide) groups is 1. The van der Waals surface area contributed by atoms with E-state index in [9.17, 15) is 27.6 Å². The van der Waals surface area contributed by atoms with Crippen molar-refractivity contribution in [3.63, 3.8) is 0 Å². The molecule has 2 heterocycles. The van der Waals surface area contributed by atoms with Crippen LogP contribution in [0, 0.1) is 0 Å². The Balaban J connectivity index is 1.66. The molecule has 1 amide bonds. The highest BCUT2D eigenvalue weighted by atomic mass is 32.2. The monoisotopic (exact) mass is 551 g/mol. The van der Waals surface area contributed by atoms with Crippen molar-refractivity contribution in [2.75, 3.05) is 18.9 Å². The normalized spacial score (nSPS) is 11.6. The molecule has 14 heteroatoms. The number of hydrogen-bond donors (Lipinski definition) is 1. The minimum Gasteiger partial charge on any atom is -0.465 e. The molecule has 0 aliphatic carbocycles. The molecular formula is C23H20F3N5O4S2. The van der Waals surface area contributed by atoms with Crippen molar-refractivity contribution in [1.82, 2.24) is 24.6 Å². The molecule has 0 atom stereocenters. The fourth-order valence-electron chi connectivity index (χ4n) is 3.45. The Morgan fingerprint density at radius 2 is 1.92 bits per heavy atom. The second-order valence-electron chi connectivity index (χ2n) is 7.57. The lowest BCUT2D eigenvalue weighted by molar-refractivity contribution is -0.143. The summed E-state index contributed by atoms with van der Waals surface area (Å²) in [5.74, 6) is -1.07. The van der Waals surface area contributed by atoms with Gasteiger partial charge < -0.3 is 10.1 Å². The van der Waals surface area contributed by atoms with Gasteiger partial charge in [-0.3, -0.25) is 23.5 Å². The van der Waals surface area contributed by atoms with Gasteiger partial charge in [-0.25, -0.2) is 0 Å². The van der Waals surface area contributed by atoms with Crippen LogP contribution in [0.3, 0.4) is 0 Å². The Hall–Kier alpha value is -3.65. The van der Waals surface area contributed by atoms with E-state index >= 15 is 0 Å². The van der Waals surface area contributed by atoms with Crippen molar-refractivity contribution in [1.29, 1.82) is 0 Å². The Morgan fingerprint density at radius 1 is 1.14 bits per heavy atom. The molecule has 0 radical (unpaired) electrons. The van der Waals surface area contributed by atoms with E-state index in [1.807, 2.05) is 0 Å². The van der Waals surface area contributed by atoms with Crippen molar-refractivity contribution in [3.8, 4) is 5.69 Å². The third kappa shape index (κ3) is 6.20. The summed E-state index contributed by atoms with van der Waals surface area (Å²) >= 11 is 1.97. The molecule has 0 saturated heterocycles. The smallest absolute Gasteiger partial charge is 0.416 e. The lowest BCUT2D eigenvalue weighted by atomic mass is 10.2. The summed E-state index contributed by atoms with van der Waals surface area (Å²) in [7, 11) is 0. The van der Waals surface area contributed by atoms with E-state index < -0.39 is 23.6 Å². The first kappa shape index (κ1) is 26.4. The lowest BCUT2D eigenvalue weighted by Gasteiger charge is -2.13. The number of thiazole rings is 1. The quantitative estimate of drug-likeness (QED) is 0.251. The van der Waals surface area contributed by atoms with Crippen molar-refractivity contribution in [2.24, 2.45) is 0 Å². The molecular weight excluding hydrogens is 531 g/mol. The highest BCUT2D eigenvalue weighted by Gasteiger charge is 2.31. The molecule has 0 aliphatic rings. The Labute approximate surface area is 216 Å². The summed E-state index contributed by atoms with van der Waals surface area (Å²) in [4.78, 5) is 36.1. The van der Waals surface area contributed by atoms with E-state index in [4.69, 9.17) is 4.74 Å². The van der Waals surface area contributed by atoms with E-state index in [1.165, 1.54) is 21.3 Å². The number of ether oxygens (including phenoxy) is 1. The van der Waals surface area contributed by atoms with Gasteiger partial charge in [-0.15, -0.1) is 10.2 Å². The van der Waals surface area contributed by atoms with Crippen molar-refractivity contribution in [3.05, 3.63) is 69.6 Å². The standard InChI is InChI=1S/C23H20F3N5O4S2/c1-2-35-20(33)11-27-19(32)13-36-21-29-28-18(12-30-16-8-3-4-9-17(16)37-22(30)34)31(21)15-7-5-6-14(10-15)23(24,25)26/h3-10H,2,11-13H2,1H3,(H,27,32). The zero-order valence-electron chi connectivity index (χ0n) is 19.3. The first-order valence-electron chi connectivity index (χ1n) is 10.9. The fourth-order valence-corrected chi connectivity index (χ4v) is 5.14. The van der Waals surface area contributed by atoms with E-state index in [2.05, 4.69) is 15.5 Å². The van der Waals surface area contributed by atoms with Crippen LogP contribution in [0.4, 0.5) is 13.2 Å². The number of nitrogens with zero attached hydrogens (tertiary/aromatic N) is 4. The number of halogens is 3. The number of fused-ring (bicyclic) bond motifs is 1. The molecule has 1 N–H and O–H groups in total. The Kier molecular flexibility index (Phi) is 7.97. The zero-order valence-corrected chi connectivity index (χ0v) is 21.0. The van der Waals surface area contributed by atoms with Gasteiger partial charge in [0.05, 0.1) is 40.4 Å². The van der Waals surface area contributed by atoms with Gasteiger partial charge in [-0.2, -0.15) is 13.2 Å². The number of amides is 1. The molecule has 194 valence electrons. The Morgan fingerprint density at radius 3 is 2.68 bits per heavy atom. The summed E-state index contributed by atoms with van der Waals surface area (Å²) in [6.45, 7) is 1.45. The van der Waals surface area contributed by atoms with Gasteiger partial charge in [0, 0.05) is 0 Å². The van der Waals surface area contributed by atoms with E-state index in [0.29, 0.717) is 5.52 Å². The molecule has 9 nitrogen and oxygen atoms in total. The van der Waals surface area contributed by atoms with Gasteiger partial charge in [0.2, 0.25) is 5.91 Å². The van der Waals surface area contributed by atoms with Crippen LogP contribution in [0.25, 0.3) is 15.9 Å². The molecule has 0 aliphatic heterocycles. The lowest BCUT2D eigenvalue weighted by Crippen LogP contribution is -2.31. The average molecular weight is 552 g/mol. The second kappa shape index (κ2) is 11.2. The van der Waals surface area contributed by atoms with Crippen LogP contribution < -0.4 is 10.2 Å². The topological polar surface area (TPSA) is 108 Å². The number of hydrogen-bond acceptors (Lipinski definition) is 8. The van der Waals surface area contributed by atoms with Crippen LogP contribution in [-0.2, 0) is 27.0 Å². The van der Waals surface area contributed by atoms with Crippen LogP contribution in [0.1, 0.15) is 18.3 Å². The summed E-state index contributed by atoms with van der Waals surface area (Å²) in [6, 6.07) is 11.8. The molecule has 4 rings (SSSR count). The number of benzene rings is 2. The number of esters is 1. The Bertz CT molecular complexity index is 1500. The van der Waals surface area contributed by atoms with Gasteiger partial charge in [0.1, 0.15) is 6.54 Å². The van der Waals surface area contributed by atoms with Crippen LogP contribution in [0.2, 0.25) is 0 Å². The summed E-state index contributed by atoms with van der Waals surface area (Å²) < 4.78 is 48.6. The maximum atomic E-state index is 13.4. The maximum Gasteiger partial charge on any atom is 0.416 e. The summed E-state index contributed by atoms with van der Waals surface area (Å²) in [5, 5.41) is 10.8. The molecule has 0 bridgehead atoms. The van der Waals surface area contributed by atoms with Gasteiger partial charge in [-0.05, 0) is 37.3 Å². The van der Waals surface area contributed by atoms with E-state index in [0.717, 1.165) is 39.9 Å². The fraction of sp³-hybridized carbons (Fsp3) is 0.261. The summed E-state index contributed by atoms with van der Waals surface area (Å²) in [5.41, 5.74) is -0.0913. The van der Waals surface area contributed by atoms with E-state index in [-0.39, 0.29) is 47.0 Å². The predicted molar refractivity (Wildman–Crippen MR) is 132 cm³/mol. The first-order chi connectivity index (χ1) is 17.7. The number of rotatable bonds is 9. The minimum absolute atomic E-state index is 0.0539.